The summed E-state index contributed by atoms with van der Waals surface area (Å²) in [5.74, 6) is 0.105. The fourth-order valence-electron chi connectivity index (χ4n) is 4.41. The monoisotopic (exact) mass is 440 g/mol. The van der Waals surface area contributed by atoms with E-state index in [9.17, 15) is 4.79 Å². The molecule has 156 valence electrons. The number of hydrogen-bond acceptors (Lipinski definition) is 5. The maximum absolute atomic E-state index is 12.8. The minimum absolute atomic E-state index is 0.00503. The molecule has 5 rings (SSSR count). The largest absolute Gasteiger partial charge is 0.327 e. The molecule has 0 saturated carbocycles. The quantitative estimate of drug-likeness (QED) is 0.765. The van der Waals surface area contributed by atoms with Crippen LogP contribution >= 0.6 is 23.4 Å². The molecule has 7 heteroatoms. The lowest BCUT2D eigenvalue weighted by Crippen LogP contribution is -2.69. The van der Waals surface area contributed by atoms with E-state index in [2.05, 4.69) is 62.2 Å². The molecular formula is C23H25ClN4OS. The maximum atomic E-state index is 12.8. The van der Waals surface area contributed by atoms with Gasteiger partial charge in [-0.2, -0.15) is 0 Å². The summed E-state index contributed by atoms with van der Waals surface area (Å²) in [5.41, 5.74) is 3.57. The number of benzene rings is 2. The van der Waals surface area contributed by atoms with Gasteiger partial charge in [-0.3, -0.25) is 19.9 Å². The summed E-state index contributed by atoms with van der Waals surface area (Å²) in [5, 5.41) is 9.56. The molecule has 1 amide bonds. The van der Waals surface area contributed by atoms with Gasteiger partial charge in [0.1, 0.15) is 11.5 Å². The van der Waals surface area contributed by atoms with Gasteiger partial charge in [0.05, 0.1) is 6.04 Å². The molecule has 2 aromatic rings. The zero-order valence-electron chi connectivity index (χ0n) is 16.6. The van der Waals surface area contributed by atoms with Crippen LogP contribution in [0.4, 0.5) is 0 Å². The Labute approximate surface area is 186 Å². The van der Waals surface area contributed by atoms with Gasteiger partial charge in [-0.15, -0.1) is 11.8 Å². The second-order valence-electron chi connectivity index (χ2n) is 7.99. The molecule has 3 atom stereocenters. The van der Waals surface area contributed by atoms with Gasteiger partial charge in [0, 0.05) is 37.7 Å². The Morgan fingerprint density at radius 3 is 2.60 bits per heavy atom. The third-order valence-corrected chi connectivity index (χ3v) is 7.44. The number of carbonyl (C=O) groups is 1. The molecule has 0 radical (unpaired) electrons. The normalized spacial score (nSPS) is 27.4. The van der Waals surface area contributed by atoms with E-state index in [0.29, 0.717) is 5.02 Å². The molecule has 0 aliphatic carbocycles. The van der Waals surface area contributed by atoms with Crippen molar-refractivity contribution in [3.05, 3.63) is 76.2 Å². The maximum Gasteiger partial charge on any atom is 0.237 e. The minimum Gasteiger partial charge on any atom is -0.327 e. The van der Waals surface area contributed by atoms with Crippen molar-refractivity contribution in [2.24, 2.45) is 0 Å². The molecule has 5 nitrogen and oxygen atoms in total. The first-order chi connectivity index (χ1) is 14.7. The Morgan fingerprint density at radius 1 is 1.03 bits per heavy atom. The second-order valence-corrected chi connectivity index (χ2v) is 9.45. The van der Waals surface area contributed by atoms with Crippen LogP contribution in [-0.4, -0.2) is 59.5 Å². The van der Waals surface area contributed by atoms with E-state index in [4.69, 9.17) is 11.6 Å². The van der Waals surface area contributed by atoms with Crippen molar-refractivity contribution >= 4 is 34.8 Å². The van der Waals surface area contributed by atoms with Gasteiger partial charge in [-0.25, -0.2) is 0 Å². The van der Waals surface area contributed by atoms with E-state index in [1.54, 1.807) is 11.8 Å². The van der Waals surface area contributed by atoms with E-state index in [1.807, 2.05) is 18.2 Å². The van der Waals surface area contributed by atoms with Crippen molar-refractivity contribution in [1.29, 1.82) is 0 Å². The standard InChI is InChI=1S/C23H25ClN4OS/c24-18-8-4-7-17(13-18)19-15-30-21-20(19)25-23(26-22(21)29)28-11-9-27(10-12-28)14-16-5-2-1-3-6-16/h1-8,13,15,20-21,23,25H,9-12,14H2,(H,26,29). The lowest BCUT2D eigenvalue weighted by molar-refractivity contribution is -0.126. The van der Waals surface area contributed by atoms with Crippen LogP contribution in [0, 0.1) is 0 Å². The number of thioether (sulfide) groups is 1. The summed E-state index contributed by atoms with van der Waals surface area (Å²) in [4.78, 5) is 17.6. The fraction of sp³-hybridized carbons (Fsp3) is 0.348. The summed E-state index contributed by atoms with van der Waals surface area (Å²) in [7, 11) is 0. The van der Waals surface area contributed by atoms with Crippen molar-refractivity contribution in [2.45, 2.75) is 24.1 Å². The minimum atomic E-state index is -0.140. The Kier molecular flexibility index (Phi) is 5.85. The SMILES string of the molecule is O=C1NC(N2CCN(Cc3ccccc3)CC2)NC2C(c3cccc(Cl)c3)=CSC12. The van der Waals surface area contributed by atoms with E-state index in [-0.39, 0.29) is 23.5 Å². The number of fused-ring (bicyclic) bond motifs is 1. The molecule has 0 bridgehead atoms. The number of nitrogens with zero attached hydrogens (tertiary/aromatic N) is 2. The number of amides is 1. The predicted molar refractivity (Wildman–Crippen MR) is 123 cm³/mol. The highest BCUT2D eigenvalue weighted by Crippen LogP contribution is 2.39. The van der Waals surface area contributed by atoms with Crippen LogP contribution in [0.15, 0.2) is 60.0 Å². The zero-order chi connectivity index (χ0) is 20.5. The van der Waals surface area contributed by atoms with Crippen LogP contribution in [-0.2, 0) is 11.3 Å². The molecule has 3 heterocycles. The smallest absolute Gasteiger partial charge is 0.237 e. The highest BCUT2D eigenvalue weighted by Gasteiger charge is 2.43. The molecule has 0 aromatic heterocycles. The average molecular weight is 441 g/mol. The Bertz CT molecular complexity index is 945. The van der Waals surface area contributed by atoms with E-state index in [0.717, 1.165) is 43.9 Å². The molecule has 3 aliphatic heterocycles. The van der Waals surface area contributed by atoms with Crippen molar-refractivity contribution < 1.29 is 4.79 Å². The average Bonchev–Trinajstić information content (AvgIpc) is 3.20. The van der Waals surface area contributed by atoms with Crippen molar-refractivity contribution in [1.82, 2.24) is 20.4 Å². The highest BCUT2D eigenvalue weighted by molar-refractivity contribution is 8.04. The van der Waals surface area contributed by atoms with Crippen LogP contribution in [0.1, 0.15) is 11.1 Å². The molecule has 3 unspecified atom stereocenters. The Morgan fingerprint density at radius 2 is 1.83 bits per heavy atom. The van der Waals surface area contributed by atoms with Gasteiger partial charge < -0.3 is 5.32 Å². The number of nitrogens with one attached hydrogen (secondary N) is 2. The van der Waals surface area contributed by atoms with E-state index >= 15 is 0 Å². The predicted octanol–water partition coefficient (Wildman–Crippen LogP) is 2.99. The lowest BCUT2D eigenvalue weighted by Gasteiger charge is -2.44. The molecule has 2 saturated heterocycles. The van der Waals surface area contributed by atoms with Gasteiger partial charge in [-0.05, 0) is 34.2 Å². The summed E-state index contributed by atoms with van der Waals surface area (Å²) in [6.07, 6.45) is -0.140. The highest BCUT2D eigenvalue weighted by atomic mass is 35.5. The topological polar surface area (TPSA) is 47.6 Å². The number of carbonyl (C=O) groups excluding carboxylic acids is 1. The van der Waals surface area contributed by atoms with Crippen molar-refractivity contribution in [3.63, 3.8) is 0 Å². The summed E-state index contributed by atoms with van der Waals surface area (Å²) < 4.78 is 0. The van der Waals surface area contributed by atoms with E-state index in [1.165, 1.54) is 5.56 Å². The molecular weight excluding hydrogens is 416 g/mol. The summed E-state index contributed by atoms with van der Waals surface area (Å²) in [6, 6.07) is 18.5. The fourth-order valence-corrected chi connectivity index (χ4v) is 5.75. The lowest BCUT2D eigenvalue weighted by atomic mass is 9.96. The first-order valence-electron chi connectivity index (χ1n) is 10.4. The molecule has 2 fully saturated rings. The van der Waals surface area contributed by atoms with Crippen molar-refractivity contribution in [2.75, 3.05) is 26.2 Å². The van der Waals surface area contributed by atoms with Gasteiger partial charge in [0.25, 0.3) is 0 Å². The van der Waals surface area contributed by atoms with Gasteiger partial charge in [0.2, 0.25) is 5.91 Å². The summed E-state index contributed by atoms with van der Waals surface area (Å²) >= 11 is 7.79. The first kappa shape index (κ1) is 20.1. The second kappa shape index (κ2) is 8.73. The summed E-state index contributed by atoms with van der Waals surface area (Å²) in [6.45, 7) is 4.80. The number of piperazine rings is 1. The van der Waals surface area contributed by atoms with Gasteiger partial charge in [-0.1, -0.05) is 54.1 Å². The van der Waals surface area contributed by atoms with Gasteiger partial charge in [0.15, 0.2) is 0 Å². The first-order valence-corrected chi connectivity index (χ1v) is 11.7. The van der Waals surface area contributed by atoms with Crippen LogP contribution in [0.25, 0.3) is 5.57 Å². The van der Waals surface area contributed by atoms with Crippen LogP contribution < -0.4 is 10.6 Å². The molecule has 2 N–H and O–H groups in total. The van der Waals surface area contributed by atoms with Crippen LogP contribution in [0.2, 0.25) is 5.02 Å². The molecule has 0 spiro atoms. The number of hydrogen-bond donors (Lipinski definition) is 2. The zero-order valence-corrected chi connectivity index (χ0v) is 18.2. The third-order valence-electron chi connectivity index (χ3n) is 6.03. The van der Waals surface area contributed by atoms with Crippen LogP contribution in [0.5, 0.6) is 0 Å². The van der Waals surface area contributed by atoms with Crippen LogP contribution in [0.3, 0.4) is 0 Å². The van der Waals surface area contributed by atoms with Crippen molar-refractivity contribution in [3.8, 4) is 0 Å². The number of rotatable bonds is 4. The Balaban J connectivity index is 1.23. The van der Waals surface area contributed by atoms with Gasteiger partial charge >= 0.3 is 0 Å². The molecule has 2 aromatic carbocycles. The molecule has 3 aliphatic rings. The third kappa shape index (κ3) is 4.15. The Hall–Kier alpha value is -1.83. The number of halogens is 1. The molecule has 30 heavy (non-hydrogen) atoms. The van der Waals surface area contributed by atoms with E-state index < -0.39 is 0 Å².